The number of nitrogens with one attached hydrogen (secondary N) is 1. The number of hydrogen-bond donors (Lipinski definition) is 1. The monoisotopic (exact) mass is 380 g/mol. The Hall–Kier alpha value is -3.15. The summed E-state index contributed by atoms with van der Waals surface area (Å²) in [5, 5.41) is 2.68. The molecule has 1 saturated heterocycles. The number of aryl methyl sites for hydroxylation is 1. The molecule has 3 rings (SSSR count). The molecule has 0 spiro atoms. The first-order valence-electron chi connectivity index (χ1n) is 9.31. The van der Waals surface area contributed by atoms with Gasteiger partial charge < -0.3 is 15.0 Å². The van der Waals surface area contributed by atoms with Crippen molar-refractivity contribution in [2.45, 2.75) is 26.3 Å². The van der Waals surface area contributed by atoms with E-state index in [0.717, 1.165) is 11.1 Å². The molecule has 146 valence electrons. The minimum absolute atomic E-state index is 0.0811. The molecular formula is C22H24N2O4. The Bertz CT molecular complexity index is 849. The van der Waals surface area contributed by atoms with Crippen LogP contribution in [0.3, 0.4) is 0 Å². The van der Waals surface area contributed by atoms with E-state index in [9.17, 15) is 14.4 Å². The minimum atomic E-state index is -0.550. The summed E-state index contributed by atoms with van der Waals surface area (Å²) >= 11 is 0. The summed E-state index contributed by atoms with van der Waals surface area (Å²) in [6.45, 7) is 3.83. The normalized spacial score (nSPS) is 17.3. The molecule has 0 aromatic heterocycles. The molecule has 2 aromatic rings. The van der Waals surface area contributed by atoms with Crippen molar-refractivity contribution in [1.29, 1.82) is 0 Å². The van der Waals surface area contributed by atoms with Crippen LogP contribution >= 0.6 is 0 Å². The number of ether oxygens (including phenoxy) is 1. The van der Waals surface area contributed by atoms with Gasteiger partial charge in [-0.3, -0.25) is 14.4 Å². The maximum Gasteiger partial charge on any atom is 0.311 e. The lowest BCUT2D eigenvalue weighted by Gasteiger charge is -2.25. The Morgan fingerprint density at radius 2 is 1.82 bits per heavy atom. The van der Waals surface area contributed by atoms with Gasteiger partial charge in [0.1, 0.15) is 0 Å². The van der Waals surface area contributed by atoms with Crippen LogP contribution < -0.4 is 5.32 Å². The lowest BCUT2D eigenvalue weighted by molar-refractivity contribution is -0.151. The number of benzene rings is 2. The van der Waals surface area contributed by atoms with Crippen molar-refractivity contribution in [3.05, 3.63) is 65.7 Å². The lowest BCUT2D eigenvalue weighted by atomic mass is 10.1. The lowest BCUT2D eigenvalue weighted by Crippen LogP contribution is -2.30. The quantitative estimate of drug-likeness (QED) is 0.782. The van der Waals surface area contributed by atoms with Gasteiger partial charge >= 0.3 is 5.97 Å². The van der Waals surface area contributed by atoms with Crippen LogP contribution in [0.25, 0.3) is 0 Å². The molecule has 6 nitrogen and oxygen atoms in total. The maximum absolute atomic E-state index is 12.3. The van der Waals surface area contributed by atoms with E-state index in [2.05, 4.69) is 5.32 Å². The molecule has 1 N–H and O–H groups in total. The number of carbonyl (C=O) groups excluding carboxylic acids is 3. The number of anilines is 1. The van der Waals surface area contributed by atoms with Gasteiger partial charge in [0.25, 0.3) is 5.91 Å². The molecule has 6 heteroatoms. The highest BCUT2D eigenvalue weighted by Gasteiger charge is 2.38. The van der Waals surface area contributed by atoms with Crippen LogP contribution in [0.1, 0.15) is 30.5 Å². The summed E-state index contributed by atoms with van der Waals surface area (Å²) in [4.78, 5) is 38.3. The average molecular weight is 380 g/mol. The van der Waals surface area contributed by atoms with E-state index in [4.69, 9.17) is 4.74 Å². The standard InChI is InChI=1S/C22H24N2O4/c1-15-8-10-19(11-9-15)23-20(25)14-28-22(27)18-12-21(26)24(13-18)16(2)17-6-4-3-5-7-17/h3-11,16,18H,12-14H2,1-2H3,(H,23,25)/t16-,18-/m1/s1. The van der Waals surface area contributed by atoms with Crippen molar-refractivity contribution >= 4 is 23.5 Å². The molecule has 1 aliphatic heterocycles. The second-order valence-electron chi connectivity index (χ2n) is 7.06. The fourth-order valence-electron chi connectivity index (χ4n) is 3.26. The summed E-state index contributed by atoms with van der Waals surface area (Å²) < 4.78 is 5.14. The summed E-state index contributed by atoms with van der Waals surface area (Å²) in [5.74, 6) is -1.56. The highest BCUT2D eigenvalue weighted by Crippen LogP contribution is 2.28. The van der Waals surface area contributed by atoms with Gasteiger partial charge in [-0.1, -0.05) is 48.0 Å². The summed E-state index contributed by atoms with van der Waals surface area (Å²) in [5.41, 5.74) is 2.75. The molecule has 2 atom stereocenters. The van der Waals surface area contributed by atoms with Gasteiger partial charge in [0.05, 0.1) is 12.0 Å². The Balaban J connectivity index is 1.50. The molecule has 1 aliphatic rings. The van der Waals surface area contributed by atoms with Crippen LogP contribution in [0.15, 0.2) is 54.6 Å². The van der Waals surface area contributed by atoms with Crippen molar-refractivity contribution < 1.29 is 19.1 Å². The van der Waals surface area contributed by atoms with Gasteiger partial charge in [0.15, 0.2) is 6.61 Å². The number of nitrogens with zero attached hydrogens (tertiary/aromatic N) is 1. The molecule has 2 aromatic carbocycles. The molecule has 0 aliphatic carbocycles. The fraction of sp³-hybridized carbons (Fsp3) is 0.318. The van der Waals surface area contributed by atoms with Crippen LogP contribution in [0.5, 0.6) is 0 Å². The highest BCUT2D eigenvalue weighted by atomic mass is 16.5. The van der Waals surface area contributed by atoms with E-state index < -0.39 is 17.8 Å². The van der Waals surface area contributed by atoms with E-state index in [1.165, 1.54) is 0 Å². The molecule has 0 radical (unpaired) electrons. The van der Waals surface area contributed by atoms with Crippen molar-refractivity contribution in [3.8, 4) is 0 Å². The van der Waals surface area contributed by atoms with Crippen molar-refractivity contribution in [3.63, 3.8) is 0 Å². The average Bonchev–Trinajstić information content (AvgIpc) is 3.10. The number of hydrogen-bond acceptors (Lipinski definition) is 4. The third kappa shape index (κ3) is 4.76. The number of esters is 1. The number of rotatable bonds is 6. The highest BCUT2D eigenvalue weighted by molar-refractivity contribution is 5.93. The van der Waals surface area contributed by atoms with E-state index in [-0.39, 0.29) is 25.0 Å². The molecule has 0 saturated carbocycles. The molecular weight excluding hydrogens is 356 g/mol. The number of amides is 2. The third-order valence-electron chi connectivity index (χ3n) is 4.92. The largest absolute Gasteiger partial charge is 0.455 e. The number of carbonyl (C=O) groups is 3. The predicted molar refractivity (Wildman–Crippen MR) is 105 cm³/mol. The predicted octanol–water partition coefficient (Wildman–Crippen LogP) is 3.09. The molecule has 0 bridgehead atoms. The maximum atomic E-state index is 12.3. The Kier molecular flexibility index (Phi) is 6.09. The molecule has 28 heavy (non-hydrogen) atoms. The van der Waals surface area contributed by atoms with Gasteiger partial charge in [-0.05, 0) is 31.5 Å². The first-order valence-corrected chi connectivity index (χ1v) is 9.31. The molecule has 1 fully saturated rings. The van der Waals surface area contributed by atoms with Crippen LogP contribution in [0.2, 0.25) is 0 Å². The van der Waals surface area contributed by atoms with Crippen LogP contribution in [0.4, 0.5) is 5.69 Å². The van der Waals surface area contributed by atoms with Crippen molar-refractivity contribution in [2.24, 2.45) is 5.92 Å². The number of likely N-dealkylation sites (tertiary alicyclic amines) is 1. The van der Waals surface area contributed by atoms with E-state index in [1.54, 1.807) is 17.0 Å². The van der Waals surface area contributed by atoms with E-state index in [0.29, 0.717) is 12.2 Å². The fourth-order valence-corrected chi connectivity index (χ4v) is 3.26. The van der Waals surface area contributed by atoms with Gasteiger partial charge in [-0.25, -0.2) is 0 Å². The SMILES string of the molecule is Cc1ccc(NC(=O)COC(=O)[C@@H]2CC(=O)N([C@H](C)c3ccccc3)C2)cc1. The van der Waals surface area contributed by atoms with E-state index >= 15 is 0 Å². The van der Waals surface area contributed by atoms with Crippen LogP contribution in [-0.2, 0) is 19.1 Å². The zero-order chi connectivity index (χ0) is 20.1. The summed E-state index contributed by atoms with van der Waals surface area (Å²) in [7, 11) is 0. The Labute approximate surface area is 164 Å². The second kappa shape index (κ2) is 8.69. The zero-order valence-corrected chi connectivity index (χ0v) is 16.1. The Morgan fingerprint density at radius 1 is 1.14 bits per heavy atom. The molecule has 0 unspecified atom stereocenters. The Morgan fingerprint density at radius 3 is 2.50 bits per heavy atom. The first kappa shape index (κ1) is 19.6. The zero-order valence-electron chi connectivity index (χ0n) is 16.1. The topological polar surface area (TPSA) is 75.7 Å². The van der Waals surface area contributed by atoms with Gasteiger partial charge in [-0.2, -0.15) is 0 Å². The van der Waals surface area contributed by atoms with Gasteiger partial charge in [0.2, 0.25) is 5.91 Å². The van der Waals surface area contributed by atoms with Crippen LogP contribution in [0, 0.1) is 12.8 Å². The molecule has 1 heterocycles. The third-order valence-corrected chi connectivity index (χ3v) is 4.92. The summed E-state index contributed by atoms with van der Waals surface area (Å²) in [6.07, 6.45) is 0.107. The first-order chi connectivity index (χ1) is 13.4. The van der Waals surface area contributed by atoms with E-state index in [1.807, 2.05) is 56.3 Å². The van der Waals surface area contributed by atoms with Gasteiger partial charge in [0, 0.05) is 18.7 Å². The smallest absolute Gasteiger partial charge is 0.311 e. The van der Waals surface area contributed by atoms with Crippen molar-refractivity contribution in [1.82, 2.24) is 4.90 Å². The van der Waals surface area contributed by atoms with Gasteiger partial charge in [-0.15, -0.1) is 0 Å². The van der Waals surface area contributed by atoms with Crippen LogP contribution in [-0.4, -0.2) is 35.8 Å². The second-order valence-corrected chi connectivity index (χ2v) is 7.06. The van der Waals surface area contributed by atoms with Crippen molar-refractivity contribution in [2.75, 3.05) is 18.5 Å². The summed E-state index contributed by atoms with van der Waals surface area (Å²) in [6, 6.07) is 16.9. The minimum Gasteiger partial charge on any atom is -0.455 e. The molecule has 2 amide bonds.